The third-order valence-electron chi connectivity index (χ3n) is 10.2. The Hall–Kier alpha value is -2.36. The van der Waals surface area contributed by atoms with Gasteiger partial charge in [-0.25, -0.2) is 4.98 Å². The van der Waals surface area contributed by atoms with Crippen molar-refractivity contribution < 1.29 is 24.1 Å². The second kappa shape index (κ2) is 12.9. The van der Waals surface area contributed by atoms with E-state index in [-0.39, 0.29) is 23.5 Å². The Labute approximate surface area is 244 Å². The Morgan fingerprint density at radius 1 is 1.15 bits per heavy atom. The number of nitrogens with zero attached hydrogens (tertiary/aromatic N) is 2. The SMILES string of the molecule is CNCCC[C@H](C)[C@H](C)Oc1nc(/C(O)=C2\CCCC[C@@]3(CCCCC3=O)C2C=N)nc2c1COC[C@]21CCOC1. The predicted octanol–water partition coefficient (Wildman–Crippen LogP) is 5.31. The minimum Gasteiger partial charge on any atom is -0.504 e. The number of aliphatic hydroxyl groups excluding tert-OH is 1. The van der Waals surface area contributed by atoms with E-state index in [1.165, 1.54) is 6.21 Å². The van der Waals surface area contributed by atoms with Crippen LogP contribution in [-0.4, -0.2) is 66.6 Å². The van der Waals surface area contributed by atoms with Gasteiger partial charge >= 0.3 is 0 Å². The van der Waals surface area contributed by atoms with Crippen LogP contribution in [0.4, 0.5) is 0 Å². The molecule has 3 N–H and O–H groups in total. The molecule has 41 heavy (non-hydrogen) atoms. The van der Waals surface area contributed by atoms with Gasteiger partial charge in [-0.05, 0) is 83.4 Å². The van der Waals surface area contributed by atoms with Crippen molar-refractivity contribution in [3.05, 3.63) is 22.7 Å². The van der Waals surface area contributed by atoms with Crippen LogP contribution in [-0.2, 0) is 26.3 Å². The summed E-state index contributed by atoms with van der Waals surface area (Å²) in [5, 5.41) is 23.6. The zero-order chi connectivity index (χ0) is 29.0. The number of carbonyl (C=O) groups excluding carboxylic acids is 1. The summed E-state index contributed by atoms with van der Waals surface area (Å²) < 4.78 is 18.5. The molecular formula is C32H48N4O5. The minimum absolute atomic E-state index is 0.000998. The third kappa shape index (κ3) is 5.82. The van der Waals surface area contributed by atoms with E-state index in [9.17, 15) is 9.90 Å². The lowest BCUT2D eigenvalue weighted by Gasteiger charge is -2.40. The quantitative estimate of drug-likeness (QED) is 0.208. The maximum atomic E-state index is 13.4. The number of allylic oxidation sites excluding steroid dienone is 1. The molecule has 5 atom stereocenters. The molecule has 2 aliphatic heterocycles. The van der Waals surface area contributed by atoms with Crippen LogP contribution in [0.3, 0.4) is 0 Å². The van der Waals surface area contributed by atoms with E-state index < -0.39 is 16.7 Å². The number of hydrogen-bond acceptors (Lipinski definition) is 9. The Bertz CT molecular complexity index is 1150. The third-order valence-corrected chi connectivity index (χ3v) is 10.2. The van der Waals surface area contributed by atoms with Gasteiger partial charge in [0.1, 0.15) is 11.9 Å². The molecule has 3 heterocycles. The summed E-state index contributed by atoms with van der Waals surface area (Å²) in [6.45, 7) is 7.21. The van der Waals surface area contributed by atoms with Crippen molar-refractivity contribution in [2.75, 3.05) is 33.4 Å². The van der Waals surface area contributed by atoms with Crippen LogP contribution in [0.5, 0.6) is 5.88 Å². The minimum atomic E-state index is -0.612. The van der Waals surface area contributed by atoms with Crippen molar-refractivity contribution in [1.82, 2.24) is 15.3 Å². The summed E-state index contributed by atoms with van der Waals surface area (Å²) in [6.07, 6.45) is 10.5. The second-order valence-corrected chi connectivity index (χ2v) is 12.8. The van der Waals surface area contributed by atoms with Gasteiger partial charge in [0, 0.05) is 30.6 Å². The van der Waals surface area contributed by atoms with E-state index in [1.807, 2.05) is 7.05 Å². The summed E-state index contributed by atoms with van der Waals surface area (Å²) in [6, 6.07) is 0. The Morgan fingerprint density at radius 3 is 2.59 bits per heavy atom. The fraction of sp³-hybridized carbons (Fsp3) is 0.750. The van der Waals surface area contributed by atoms with Crippen molar-refractivity contribution >= 4 is 17.8 Å². The van der Waals surface area contributed by atoms with Gasteiger partial charge in [0.25, 0.3) is 0 Å². The molecule has 0 bridgehead atoms. The molecule has 1 aromatic rings. The number of ether oxygens (including phenoxy) is 3. The molecule has 0 radical (unpaired) electrons. The highest BCUT2D eigenvalue weighted by atomic mass is 16.5. The van der Waals surface area contributed by atoms with E-state index in [0.717, 1.165) is 81.2 Å². The molecule has 1 unspecified atom stereocenters. The zero-order valence-corrected chi connectivity index (χ0v) is 25.1. The van der Waals surface area contributed by atoms with Gasteiger partial charge in [0.15, 0.2) is 11.6 Å². The highest BCUT2D eigenvalue weighted by molar-refractivity contribution is 5.90. The van der Waals surface area contributed by atoms with Gasteiger partial charge in [-0.2, -0.15) is 4.98 Å². The molecule has 0 amide bonds. The molecule has 1 aromatic heterocycles. The summed E-state index contributed by atoms with van der Waals surface area (Å²) in [5.41, 5.74) is 1.38. The lowest BCUT2D eigenvalue weighted by atomic mass is 9.61. The van der Waals surface area contributed by atoms with Crippen LogP contribution >= 0.6 is 0 Å². The van der Waals surface area contributed by atoms with Gasteiger partial charge in [-0.15, -0.1) is 0 Å². The molecule has 9 heteroatoms. The Balaban J connectivity index is 1.58. The van der Waals surface area contributed by atoms with Gasteiger partial charge in [0.2, 0.25) is 5.88 Å². The number of Topliss-reactive ketones (excluding diaryl/α,β-unsaturated/α-hetero) is 1. The molecule has 0 aromatic carbocycles. The molecule has 226 valence electrons. The number of ketones is 1. The van der Waals surface area contributed by atoms with Crippen molar-refractivity contribution in [3.63, 3.8) is 0 Å². The van der Waals surface area contributed by atoms with Crippen LogP contribution in [0.15, 0.2) is 5.57 Å². The van der Waals surface area contributed by atoms with Crippen molar-refractivity contribution in [3.8, 4) is 5.88 Å². The molecule has 9 nitrogen and oxygen atoms in total. The molecule has 2 saturated carbocycles. The first-order valence-electron chi connectivity index (χ1n) is 15.7. The number of aromatic nitrogens is 2. The van der Waals surface area contributed by atoms with Crippen molar-refractivity contribution in [1.29, 1.82) is 5.41 Å². The predicted molar refractivity (Wildman–Crippen MR) is 157 cm³/mol. The topological polar surface area (TPSA) is 127 Å². The van der Waals surface area contributed by atoms with E-state index in [2.05, 4.69) is 19.2 Å². The summed E-state index contributed by atoms with van der Waals surface area (Å²) in [7, 11) is 1.96. The molecular weight excluding hydrogens is 520 g/mol. The maximum absolute atomic E-state index is 13.4. The van der Waals surface area contributed by atoms with Crippen LogP contribution in [0, 0.1) is 22.7 Å². The first kappa shape index (κ1) is 30.1. The second-order valence-electron chi connectivity index (χ2n) is 12.8. The van der Waals surface area contributed by atoms with Crippen LogP contribution in [0.1, 0.15) is 102 Å². The molecule has 1 saturated heterocycles. The van der Waals surface area contributed by atoms with E-state index in [4.69, 9.17) is 29.6 Å². The number of carbonyl (C=O) groups is 1. The molecule has 4 aliphatic rings. The molecule has 3 fully saturated rings. The van der Waals surface area contributed by atoms with Crippen LogP contribution < -0.4 is 10.1 Å². The number of rotatable bonds is 9. The van der Waals surface area contributed by atoms with Gasteiger partial charge in [-0.3, -0.25) is 4.79 Å². The highest BCUT2D eigenvalue weighted by Gasteiger charge is 2.49. The van der Waals surface area contributed by atoms with Gasteiger partial charge in [0.05, 0.1) is 36.5 Å². The zero-order valence-electron chi connectivity index (χ0n) is 25.1. The summed E-state index contributed by atoms with van der Waals surface area (Å²) in [5.74, 6) is 0.781. The normalized spacial score (nSPS) is 31.0. The number of hydrogen-bond donors (Lipinski definition) is 3. The monoisotopic (exact) mass is 568 g/mol. The Kier molecular flexibility index (Phi) is 9.46. The lowest BCUT2D eigenvalue weighted by molar-refractivity contribution is -0.133. The van der Waals surface area contributed by atoms with E-state index >= 15 is 0 Å². The molecule has 2 spiro atoms. The average Bonchev–Trinajstić information content (AvgIpc) is 3.36. The fourth-order valence-corrected chi connectivity index (χ4v) is 7.47. The van der Waals surface area contributed by atoms with Crippen LogP contribution in [0.25, 0.3) is 5.76 Å². The molecule has 2 aliphatic carbocycles. The van der Waals surface area contributed by atoms with Crippen molar-refractivity contribution in [2.45, 2.75) is 103 Å². The molecule has 5 rings (SSSR count). The lowest BCUT2D eigenvalue weighted by Crippen LogP contribution is -2.42. The Morgan fingerprint density at radius 2 is 1.90 bits per heavy atom. The average molecular weight is 569 g/mol. The number of fused-ring (bicyclic) bond motifs is 2. The van der Waals surface area contributed by atoms with Crippen molar-refractivity contribution in [2.24, 2.45) is 17.3 Å². The van der Waals surface area contributed by atoms with E-state index in [1.54, 1.807) is 0 Å². The summed E-state index contributed by atoms with van der Waals surface area (Å²) >= 11 is 0. The first-order valence-corrected chi connectivity index (χ1v) is 15.7. The highest BCUT2D eigenvalue weighted by Crippen LogP contribution is 2.50. The maximum Gasteiger partial charge on any atom is 0.223 e. The number of aliphatic hydroxyl groups is 1. The summed E-state index contributed by atoms with van der Waals surface area (Å²) in [4.78, 5) is 23.3. The fourth-order valence-electron chi connectivity index (χ4n) is 7.47. The van der Waals surface area contributed by atoms with Crippen LogP contribution in [0.2, 0.25) is 0 Å². The first-order chi connectivity index (χ1) is 19.8. The largest absolute Gasteiger partial charge is 0.504 e. The van der Waals surface area contributed by atoms with Gasteiger partial charge in [-0.1, -0.05) is 19.8 Å². The number of nitrogens with one attached hydrogen (secondary N) is 2. The van der Waals surface area contributed by atoms with E-state index in [0.29, 0.717) is 51.1 Å². The standard InChI is InChI=1S/C32H48N4O5/c1-21(9-8-15-34-3)22(2)41-30-24-18-40-20-31(14-16-39-19-31)28(24)35-29(36-30)27(38)23-10-4-6-12-32(25(23)17-33)13-7-5-11-26(32)37/h17,21-22,25,33-34,38H,4-16,18-20H2,1-3H3/b27-23-,33-17?/t21-,22-,25?,31+,32+/m0/s1. The smallest absolute Gasteiger partial charge is 0.223 e. The van der Waals surface area contributed by atoms with Gasteiger partial charge < -0.3 is 30.0 Å².